The number of carbonyl (C=O) groups excluding carboxylic acids is 1. The summed E-state index contributed by atoms with van der Waals surface area (Å²) in [5, 5.41) is 54.1. The zero-order chi connectivity index (χ0) is 41.6. The molecule has 0 aromatic rings. The van der Waals surface area contributed by atoms with Gasteiger partial charge in [-0.25, -0.2) is 0 Å². The summed E-state index contributed by atoms with van der Waals surface area (Å²) in [4.78, 5) is 12.9. The summed E-state index contributed by atoms with van der Waals surface area (Å²) in [5.41, 5.74) is 0. The van der Waals surface area contributed by atoms with Gasteiger partial charge in [-0.05, 0) is 32.1 Å². The van der Waals surface area contributed by atoms with Gasteiger partial charge in [0.15, 0.2) is 6.29 Å². The first-order valence-electron chi connectivity index (χ1n) is 24.1. The van der Waals surface area contributed by atoms with Gasteiger partial charge in [-0.2, -0.15) is 0 Å². The van der Waals surface area contributed by atoms with Gasteiger partial charge < -0.3 is 40.3 Å². The highest BCUT2D eigenvalue weighted by atomic mass is 16.7. The van der Waals surface area contributed by atoms with E-state index in [9.17, 15) is 30.3 Å². The maximum absolute atomic E-state index is 12.9. The molecule has 1 rings (SSSR count). The van der Waals surface area contributed by atoms with Gasteiger partial charge >= 0.3 is 0 Å². The Morgan fingerprint density at radius 2 is 1.00 bits per heavy atom. The largest absolute Gasteiger partial charge is 0.394 e. The quantitative estimate of drug-likeness (QED) is 0.0265. The molecule has 0 bridgehead atoms. The van der Waals surface area contributed by atoms with E-state index in [0.717, 1.165) is 38.5 Å². The molecular formula is C48H91NO8. The Bertz CT molecular complexity index is 945. The van der Waals surface area contributed by atoms with E-state index in [2.05, 4.69) is 31.3 Å². The van der Waals surface area contributed by atoms with Gasteiger partial charge in [0.05, 0.1) is 25.4 Å². The van der Waals surface area contributed by atoms with Crippen molar-refractivity contribution in [2.24, 2.45) is 0 Å². The van der Waals surface area contributed by atoms with E-state index in [1.54, 1.807) is 6.08 Å². The van der Waals surface area contributed by atoms with Gasteiger partial charge in [-0.1, -0.05) is 205 Å². The van der Waals surface area contributed by atoms with Crippen molar-refractivity contribution in [3.63, 3.8) is 0 Å². The van der Waals surface area contributed by atoms with Gasteiger partial charge in [-0.3, -0.25) is 4.79 Å². The van der Waals surface area contributed by atoms with Crippen LogP contribution in [-0.4, -0.2) is 87.5 Å². The molecule has 0 radical (unpaired) electrons. The highest BCUT2D eigenvalue weighted by Gasteiger charge is 2.44. The van der Waals surface area contributed by atoms with Gasteiger partial charge in [0.25, 0.3) is 0 Å². The van der Waals surface area contributed by atoms with Crippen LogP contribution in [0.15, 0.2) is 24.3 Å². The van der Waals surface area contributed by atoms with Crippen LogP contribution in [-0.2, 0) is 14.3 Å². The summed E-state index contributed by atoms with van der Waals surface area (Å²) < 4.78 is 11.2. The fraction of sp³-hybridized carbons (Fsp3) is 0.896. The van der Waals surface area contributed by atoms with Crippen LogP contribution in [0.25, 0.3) is 0 Å². The van der Waals surface area contributed by atoms with Crippen molar-refractivity contribution in [1.29, 1.82) is 0 Å². The SMILES string of the molecule is CCCCCCC/C=C/CC/C=C/C(O)C(COC1OC(CO)C(O)C(O)C1O)NC(=O)CCCCCCCCCCCCCCCCCCCCCCCCC. The first-order valence-corrected chi connectivity index (χ1v) is 24.1. The van der Waals surface area contributed by atoms with Crippen LogP contribution < -0.4 is 5.32 Å². The number of aliphatic hydroxyl groups excluding tert-OH is 5. The lowest BCUT2D eigenvalue weighted by molar-refractivity contribution is -0.302. The Labute approximate surface area is 349 Å². The van der Waals surface area contributed by atoms with E-state index < -0.39 is 49.5 Å². The minimum atomic E-state index is -1.57. The fourth-order valence-corrected chi connectivity index (χ4v) is 7.64. The van der Waals surface area contributed by atoms with Crippen molar-refractivity contribution in [2.45, 2.75) is 262 Å². The molecule has 0 aliphatic carbocycles. The van der Waals surface area contributed by atoms with Crippen LogP contribution in [0.4, 0.5) is 0 Å². The molecular weight excluding hydrogens is 719 g/mol. The number of hydrogen-bond donors (Lipinski definition) is 6. The monoisotopic (exact) mass is 810 g/mol. The zero-order valence-corrected chi connectivity index (χ0v) is 36.9. The predicted octanol–water partition coefficient (Wildman–Crippen LogP) is 10.3. The second-order valence-corrected chi connectivity index (χ2v) is 16.9. The molecule has 0 spiro atoms. The lowest BCUT2D eigenvalue weighted by Gasteiger charge is -2.40. The first kappa shape index (κ1) is 53.7. The molecule has 1 heterocycles. The van der Waals surface area contributed by atoms with Gasteiger partial charge in [0.1, 0.15) is 24.4 Å². The smallest absolute Gasteiger partial charge is 0.220 e. The van der Waals surface area contributed by atoms with Gasteiger partial charge in [0.2, 0.25) is 5.91 Å². The van der Waals surface area contributed by atoms with Crippen LogP contribution in [0.2, 0.25) is 0 Å². The molecule has 1 aliphatic heterocycles. The van der Waals surface area contributed by atoms with E-state index in [1.807, 2.05) is 6.08 Å². The Kier molecular flexibility index (Phi) is 36.6. The maximum atomic E-state index is 12.9. The number of unbranched alkanes of at least 4 members (excludes halogenated alkanes) is 28. The van der Waals surface area contributed by atoms with E-state index in [1.165, 1.54) is 161 Å². The highest BCUT2D eigenvalue weighted by molar-refractivity contribution is 5.76. The molecule has 6 N–H and O–H groups in total. The zero-order valence-electron chi connectivity index (χ0n) is 36.9. The third kappa shape index (κ3) is 29.5. The lowest BCUT2D eigenvalue weighted by Crippen LogP contribution is -2.60. The van der Waals surface area contributed by atoms with Crippen LogP contribution >= 0.6 is 0 Å². The van der Waals surface area contributed by atoms with Crippen LogP contribution in [0.5, 0.6) is 0 Å². The van der Waals surface area contributed by atoms with Crippen molar-refractivity contribution >= 4 is 5.91 Å². The van der Waals surface area contributed by atoms with Crippen LogP contribution in [0.3, 0.4) is 0 Å². The number of rotatable bonds is 40. The molecule has 0 aromatic heterocycles. The molecule has 57 heavy (non-hydrogen) atoms. The molecule has 7 atom stereocenters. The average molecular weight is 810 g/mol. The summed E-state index contributed by atoms with van der Waals surface area (Å²) in [6, 6.07) is -0.815. The summed E-state index contributed by atoms with van der Waals surface area (Å²) in [7, 11) is 0. The molecule has 7 unspecified atom stereocenters. The summed E-state index contributed by atoms with van der Waals surface area (Å²) in [5.74, 6) is -0.185. The molecule has 1 aliphatic rings. The maximum Gasteiger partial charge on any atom is 0.220 e. The van der Waals surface area contributed by atoms with Crippen molar-refractivity contribution in [2.75, 3.05) is 13.2 Å². The molecule has 0 saturated carbocycles. The predicted molar refractivity (Wildman–Crippen MR) is 235 cm³/mol. The minimum absolute atomic E-state index is 0.185. The molecule has 1 fully saturated rings. The number of hydrogen-bond acceptors (Lipinski definition) is 8. The summed E-state index contributed by atoms with van der Waals surface area (Å²) in [6.07, 6.45) is 39.5. The van der Waals surface area contributed by atoms with Crippen molar-refractivity contribution in [3.05, 3.63) is 24.3 Å². The minimum Gasteiger partial charge on any atom is -0.394 e. The summed E-state index contributed by atoms with van der Waals surface area (Å²) in [6.45, 7) is 3.74. The number of ether oxygens (including phenoxy) is 2. The van der Waals surface area contributed by atoms with E-state index >= 15 is 0 Å². The Hall–Kier alpha value is -1.33. The third-order valence-corrected chi connectivity index (χ3v) is 11.5. The average Bonchev–Trinajstić information content (AvgIpc) is 3.21. The number of aliphatic hydroxyl groups is 5. The topological polar surface area (TPSA) is 149 Å². The van der Waals surface area contributed by atoms with Crippen molar-refractivity contribution < 1.29 is 39.8 Å². The Balaban J connectivity index is 2.25. The molecule has 0 aromatic carbocycles. The first-order chi connectivity index (χ1) is 27.8. The number of allylic oxidation sites excluding steroid dienone is 3. The van der Waals surface area contributed by atoms with Gasteiger partial charge in [0, 0.05) is 6.42 Å². The molecule has 1 amide bonds. The van der Waals surface area contributed by atoms with Gasteiger partial charge in [-0.15, -0.1) is 0 Å². The van der Waals surface area contributed by atoms with E-state index in [0.29, 0.717) is 6.42 Å². The Morgan fingerprint density at radius 3 is 1.47 bits per heavy atom. The Morgan fingerprint density at radius 1 is 0.579 bits per heavy atom. The second kappa shape index (κ2) is 38.8. The molecule has 9 heteroatoms. The normalized spacial score (nSPS) is 21.1. The van der Waals surface area contributed by atoms with Crippen LogP contribution in [0, 0.1) is 0 Å². The van der Waals surface area contributed by atoms with Crippen LogP contribution in [0.1, 0.15) is 219 Å². The second-order valence-electron chi connectivity index (χ2n) is 16.9. The summed E-state index contributed by atoms with van der Waals surface area (Å²) >= 11 is 0. The third-order valence-electron chi connectivity index (χ3n) is 11.5. The molecule has 9 nitrogen and oxygen atoms in total. The van der Waals surface area contributed by atoms with E-state index in [4.69, 9.17) is 9.47 Å². The highest BCUT2D eigenvalue weighted by Crippen LogP contribution is 2.23. The van der Waals surface area contributed by atoms with Crippen molar-refractivity contribution in [3.8, 4) is 0 Å². The number of nitrogens with one attached hydrogen (secondary N) is 1. The van der Waals surface area contributed by atoms with Crippen molar-refractivity contribution in [1.82, 2.24) is 5.32 Å². The molecule has 1 saturated heterocycles. The van der Waals surface area contributed by atoms with E-state index in [-0.39, 0.29) is 12.5 Å². The lowest BCUT2D eigenvalue weighted by atomic mass is 9.99. The number of amides is 1. The molecule has 336 valence electrons. The fourth-order valence-electron chi connectivity index (χ4n) is 7.64. The number of carbonyl (C=O) groups is 1. The standard InChI is InChI=1S/C48H91NO8/c1-3-5-7-9-11-13-15-16-17-18-19-20-21-22-23-24-25-26-28-30-32-34-36-38-44(52)49-41(40-56-48-47(55)46(54)45(53)43(39-50)57-48)42(51)37-35-33-31-29-27-14-12-10-8-6-4-2/h27,29,35,37,41-43,45-48,50-51,53-55H,3-26,28,30-34,36,38-40H2,1-2H3,(H,49,52)/b29-27+,37-35+.